The van der Waals surface area contributed by atoms with E-state index in [0.29, 0.717) is 19.0 Å². The standard InChI is InChI=1S/C9H16N2O2S/c1-9-3-6-11(7-4-9)14(12,13)8-2-5-10/h9H,2-4,6-8H2,1H3. The Bertz CT molecular complexity index is 310. The monoisotopic (exact) mass is 216 g/mol. The lowest BCUT2D eigenvalue weighted by Crippen LogP contribution is -2.39. The summed E-state index contributed by atoms with van der Waals surface area (Å²) >= 11 is 0. The van der Waals surface area contributed by atoms with Gasteiger partial charge in [0.25, 0.3) is 0 Å². The van der Waals surface area contributed by atoms with Gasteiger partial charge in [-0.3, -0.25) is 0 Å². The van der Waals surface area contributed by atoms with E-state index in [1.54, 1.807) is 0 Å². The Morgan fingerprint density at radius 3 is 2.50 bits per heavy atom. The van der Waals surface area contributed by atoms with Gasteiger partial charge in [0, 0.05) is 13.1 Å². The molecule has 0 unspecified atom stereocenters. The highest BCUT2D eigenvalue weighted by Gasteiger charge is 2.25. The molecule has 0 spiro atoms. The molecule has 4 nitrogen and oxygen atoms in total. The molecule has 5 heteroatoms. The average Bonchev–Trinajstić information content (AvgIpc) is 2.16. The average molecular weight is 216 g/mol. The summed E-state index contributed by atoms with van der Waals surface area (Å²) in [4.78, 5) is 0. The number of nitriles is 1. The van der Waals surface area contributed by atoms with Gasteiger partial charge in [-0.15, -0.1) is 0 Å². The largest absolute Gasteiger partial charge is 0.215 e. The lowest BCUT2D eigenvalue weighted by molar-refractivity contribution is 0.288. The van der Waals surface area contributed by atoms with Gasteiger partial charge in [0.05, 0.1) is 18.2 Å². The van der Waals surface area contributed by atoms with Crippen molar-refractivity contribution in [2.24, 2.45) is 5.92 Å². The van der Waals surface area contributed by atoms with Crippen molar-refractivity contribution in [2.75, 3.05) is 18.8 Å². The number of nitrogens with zero attached hydrogens (tertiary/aromatic N) is 2. The molecule has 1 fully saturated rings. The van der Waals surface area contributed by atoms with Crippen LogP contribution in [0.25, 0.3) is 0 Å². The molecule has 80 valence electrons. The summed E-state index contributed by atoms with van der Waals surface area (Å²) in [5, 5.41) is 8.34. The molecule has 1 heterocycles. The van der Waals surface area contributed by atoms with Gasteiger partial charge in [0.15, 0.2) is 0 Å². The molecule has 1 saturated heterocycles. The van der Waals surface area contributed by atoms with Gasteiger partial charge < -0.3 is 0 Å². The Balaban J connectivity index is 2.52. The van der Waals surface area contributed by atoms with E-state index in [0.717, 1.165) is 12.8 Å². The summed E-state index contributed by atoms with van der Waals surface area (Å²) in [7, 11) is -3.16. The molecule has 1 aliphatic heterocycles. The van der Waals surface area contributed by atoms with E-state index in [9.17, 15) is 8.42 Å². The zero-order valence-corrected chi connectivity index (χ0v) is 9.26. The zero-order chi connectivity index (χ0) is 10.6. The zero-order valence-electron chi connectivity index (χ0n) is 8.44. The second-order valence-corrected chi connectivity index (χ2v) is 5.89. The molecule has 14 heavy (non-hydrogen) atoms. The van der Waals surface area contributed by atoms with Crippen LogP contribution >= 0.6 is 0 Å². The summed E-state index contributed by atoms with van der Waals surface area (Å²) in [6.07, 6.45) is 1.96. The Morgan fingerprint density at radius 1 is 1.43 bits per heavy atom. The fraction of sp³-hybridized carbons (Fsp3) is 0.889. The number of hydrogen-bond donors (Lipinski definition) is 0. The second kappa shape index (κ2) is 4.76. The van der Waals surface area contributed by atoms with E-state index >= 15 is 0 Å². The third kappa shape index (κ3) is 2.96. The summed E-state index contributed by atoms with van der Waals surface area (Å²) in [6, 6.07) is 1.87. The van der Waals surface area contributed by atoms with Crippen molar-refractivity contribution < 1.29 is 8.42 Å². The molecular weight excluding hydrogens is 200 g/mol. The smallest absolute Gasteiger partial charge is 0.212 e. The predicted octanol–water partition coefficient (Wildman–Crippen LogP) is 0.962. The fourth-order valence-electron chi connectivity index (χ4n) is 1.57. The van der Waals surface area contributed by atoms with Crippen LogP contribution in [0.1, 0.15) is 26.2 Å². The van der Waals surface area contributed by atoms with E-state index in [4.69, 9.17) is 5.26 Å². The van der Waals surface area contributed by atoms with Crippen LogP contribution in [-0.4, -0.2) is 31.6 Å². The number of rotatable bonds is 3. The Kier molecular flexibility index (Phi) is 3.90. The third-order valence-electron chi connectivity index (χ3n) is 2.61. The van der Waals surface area contributed by atoms with Crippen LogP contribution in [0.5, 0.6) is 0 Å². The molecule has 0 aliphatic carbocycles. The van der Waals surface area contributed by atoms with Crippen LogP contribution in [0.2, 0.25) is 0 Å². The van der Waals surface area contributed by atoms with Gasteiger partial charge in [-0.05, 0) is 18.8 Å². The minimum Gasteiger partial charge on any atom is -0.212 e. The molecule has 0 aromatic carbocycles. The van der Waals surface area contributed by atoms with Crippen molar-refractivity contribution in [2.45, 2.75) is 26.2 Å². The van der Waals surface area contributed by atoms with Crippen LogP contribution in [0, 0.1) is 17.2 Å². The minimum atomic E-state index is -3.16. The predicted molar refractivity (Wildman–Crippen MR) is 54.0 cm³/mol. The first-order valence-electron chi connectivity index (χ1n) is 4.91. The van der Waals surface area contributed by atoms with Crippen molar-refractivity contribution >= 4 is 10.0 Å². The van der Waals surface area contributed by atoms with Gasteiger partial charge in [0.1, 0.15) is 0 Å². The van der Waals surface area contributed by atoms with Crippen molar-refractivity contribution in [3.63, 3.8) is 0 Å². The maximum absolute atomic E-state index is 11.6. The molecule has 0 N–H and O–H groups in total. The Morgan fingerprint density at radius 2 is 2.00 bits per heavy atom. The number of sulfonamides is 1. The van der Waals surface area contributed by atoms with E-state index in [1.807, 2.05) is 6.07 Å². The van der Waals surface area contributed by atoms with Crippen molar-refractivity contribution in [3.8, 4) is 6.07 Å². The fourth-order valence-corrected chi connectivity index (χ4v) is 2.94. The molecule has 0 amide bonds. The number of hydrogen-bond acceptors (Lipinski definition) is 3. The quantitative estimate of drug-likeness (QED) is 0.706. The van der Waals surface area contributed by atoms with Crippen LogP contribution in [-0.2, 0) is 10.0 Å². The van der Waals surface area contributed by atoms with E-state index in [-0.39, 0.29) is 12.2 Å². The Labute approximate surface area is 85.6 Å². The summed E-state index contributed by atoms with van der Waals surface area (Å²) < 4.78 is 24.8. The van der Waals surface area contributed by atoms with Gasteiger partial charge in [-0.1, -0.05) is 6.92 Å². The van der Waals surface area contributed by atoms with Crippen molar-refractivity contribution in [1.29, 1.82) is 5.26 Å². The van der Waals surface area contributed by atoms with E-state index in [1.165, 1.54) is 4.31 Å². The lowest BCUT2D eigenvalue weighted by atomic mass is 10.0. The van der Waals surface area contributed by atoms with Crippen molar-refractivity contribution in [1.82, 2.24) is 4.31 Å². The lowest BCUT2D eigenvalue weighted by Gasteiger charge is -2.29. The summed E-state index contributed by atoms with van der Waals surface area (Å²) in [5.74, 6) is 0.593. The van der Waals surface area contributed by atoms with Crippen LogP contribution in [0.3, 0.4) is 0 Å². The second-order valence-electron chi connectivity index (χ2n) is 3.81. The van der Waals surface area contributed by atoms with Gasteiger partial charge >= 0.3 is 0 Å². The van der Waals surface area contributed by atoms with Gasteiger partial charge in [0.2, 0.25) is 10.0 Å². The third-order valence-corrected chi connectivity index (χ3v) is 4.48. The molecule has 0 atom stereocenters. The first kappa shape index (κ1) is 11.5. The first-order valence-corrected chi connectivity index (χ1v) is 6.52. The maximum atomic E-state index is 11.6. The molecule has 1 rings (SSSR count). The normalized spacial score (nSPS) is 20.6. The summed E-state index contributed by atoms with van der Waals surface area (Å²) in [6.45, 7) is 3.38. The SMILES string of the molecule is CC1CCN(S(=O)(=O)CCC#N)CC1. The first-order chi connectivity index (χ1) is 6.56. The molecule has 0 aromatic rings. The Hall–Kier alpha value is -0.600. The van der Waals surface area contributed by atoms with E-state index < -0.39 is 10.0 Å². The van der Waals surface area contributed by atoms with Crippen LogP contribution < -0.4 is 0 Å². The molecule has 0 bridgehead atoms. The molecule has 0 saturated carbocycles. The molecule has 0 aromatic heterocycles. The van der Waals surface area contributed by atoms with Crippen LogP contribution in [0.4, 0.5) is 0 Å². The highest BCUT2D eigenvalue weighted by Crippen LogP contribution is 2.18. The molecule has 1 aliphatic rings. The van der Waals surface area contributed by atoms with Crippen molar-refractivity contribution in [3.05, 3.63) is 0 Å². The van der Waals surface area contributed by atoms with E-state index in [2.05, 4.69) is 6.92 Å². The highest BCUT2D eigenvalue weighted by molar-refractivity contribution is 7.89. The molecule has 0 radical (unpaired) electrons. The molecular formula is C9H16N2O2S. The summed E-state index contributed by atoms with van der Waals surface area (Å²) in [5.41, 5.74) is 0. The minimum absolute atomic E-state index is 0.0299. The number of piperidine rings is 1. The highest BCUT2D eigenvalue weighted by atomic mass is 32.2. The topological polar surface area (TPSA) is 61.2 Å². The maximum Gasteiger partial charge on any atom is 0.215 e. The van der Waals surface area contributed by atoms with Gasteiger partial charge in [-0.2, -0.15) is 5.26 Å². The van der Waals surface area contributed by atoms with Crippen LogP contribution in [0.15, 0.2) is 0 Å². The van der Waals surface area contributed by atoms with Gasteiger partial charge in [-0.25, -0.2) is 12.7 Å².